The lowest BCUT2D eigenvalue weighted by atomic mass is 10.2. The zero-order valence-electron chi connectivity index (χ0n) is 14.6. The molecule has 1 heterocycles. The van der Waals surface area contributed by atoms with Crippen molar-refractivity contribution in [2.45, 2.75) is 13.8 Å². The molecule has 0 aliphatic carbocycles. The molecule has 0 aliphatic heterocycles. The Labute approximate surface area is 156 Å². The minimum Gasteiger partial charge on any atom is -0.494 e. The van der Waals surface area contributed by atoms with Crippen LogP contribution in [0.1, 0.15) is 12.5 Å². The summed E-state index contributed by atoms with van der Waals surface area (Å²) in [5.74, 6) is 1.78. The van der Waals surface area contributed by atoms with Crippen LogP contribution in [0.5, 0.6) is 11.5 Å². The first-order valence-electron chi connectivity index (χ1n) is 8.21. The van der Waals surface area contributed by atoms with Crippen LogP contribution in [0.4, 0.5) is 5.13 Å². The van der Waals surface area contributed by atoms with E-state index in [9.17, 15) is 4.79 Å². The maximum absolute atomic E-state index is 12.0. The molecule has 0 bridgehead atoms. The van der Waals surface area contributed by atoms with Crippen molar-refractivity contribution in [3.05, 3.63) is 54.1 Å². The summed E-state index contributed by atoms with van der Waals surface area (Å²) in [5, 5.41) is 3.15. The number of rotatable bonds is 7. The Balaban J connectivity index is 1.57. The molecule has 0 radical (unpaired) electrons. The Bertz CT molecular complexity index is 878. The second-order valence-electron chi connectivity index (χ2n) is 5.48. The van der Waals surface area contributed by atoms with E-state index in [2.05, 4.69) is 14.7 Å². The van der Waals surface area contributed by atoms with Gasteiger partial charge in [-0.1, -0.05) is 18.2 Å². The third kappa shape index (κ3) is 4.58. The van der Waals surface area contributed by atoms with Crippen molar-refractivity contribution in [3.8, 4) is 22.9 Å². The molecule has 1 amide bonds. The Kier molecular flexibility index (Phi) is 5.80. The van der Waals surface area contributed by atoms with E-state index in [0.29, 0.717) is 23.3 Å². The summed E-state index contributed by atoms with van der Waals surface area (Å²) in [5.41, 5.74) is 1.84. The number of amides is 1. The van der Waals surface area contributed by atoms with Crippen LogP contribution in [0, 0.1) is 6.92 Å². The van der Waals surface area contributed by atoms with E-state index in [1.807, 2.05) is 62.4 Å². The molecule has 26 heavy (non-hydrogen) atoms. The summed E-state index contributed by atoms with van der Waals surface area (Å²) < 4.78 is 15.2. The molecule has 0 atom stereocenters. The summed E-state index contributed by atoms with van der Waals surface area (Å²) in [6.45, 7) is 4.41. The molecule has 6 nitrogen and oxygen atoms in total. The van der Waals surface area contributed by atoms with Crippen LogP contribution in [0.25, 0.3) is 11.4 Å². The van der Waals surface area contributed by atoms with Gasteiger partial charge in [0.05, 0.1) is 6.61 Å². The number of hydrogen-bond donors (Lipinski definition) is 1. The van der Waals surface area contributed by atoms with Gasteiger partial charge in [0.25, 0.3) is 5.91 Å². The molecule has 0 aliphatic rings. The number of hydrogen-bond acceptors (Lipinski definition) is 6. The van der Waals surface area contributed by atoms with E-state index in [1.165, 1.54) is 0 Å². The summed E-state index contributed by atoms with van der Waals surface area (Å²) in [6.07, 6.45) is 0. The van der Waals surface area contributed by atoms with Crippen LogP contribution in [-0.2, 0) is 4.79 Å². The van der Waals surface area contributed by atoms with Gasteiger partial charge in [-0.25, -0.2) is 0 Å². The smallest absolute Gasteiger partial charge is 0.264 e. The number of nitrogens with one attached hydrogen (secondary N) is 1. The second kappa shape index (κ2) is 8.44. The number of nitrogens with zero attached hydrogens (tertiary/aromatic N) is 2. The molecule has 134 valence electrons. The zero-order valence-corrected chi connectivity index (χ0v) is 15.4. The summed E-state index contributed by atoms with van der Waals surface area (Å²) in [6, 6.07) is 15.1. The number of para-hydroxylation sites is 1. The first-order valence-corrected chi connectivity index (χ1v) is 8.98. The summed E-state index contributed by atoms with van der Waals surface area (Å²) in [4.78, 5) is 16.4. The zero-order chi connectivity index (χ0) is 18.4. The number of aryl methyl sites for hydroxylation is 1. The molecule has 3 rings (SSSR count). The highest BCUT2D eigenvalue weighted by atomic mass is 32.1. The van der Waals surface area contributed by atoms with Crippen molar-refractivity contribution in [2.75, 3.05) is 18.5 Å². The number of ether oxygens (including phenoxy) is 2. The topological polar surface area (TPSA) is 73.3 Å². The highest BCUT2D eigenvalue weighted by Crippen LogP contribution is 2.23. The normalized spacial score (nSPS) is 10.4. The van der Waals surface area contributed by atoms with E-state index in [1.54, 1.807) is 0 Å². The molecule has 2 aromatic carbocycles. The molecule has 1 N–H and O–H groups in total. The van der Waals surface area contributed by atoms with Gasteiger partial charge in [-0.3, -0.25) is 10.1 Å². The number of aromatic nitrogens is 2. The fourth-order valence-corrected chi connectivity index (χ4v) is 2.88. The average Bonchev–Trinajstić information content (AvgIpc) is 3.10. The van der Waals surface area contributed by atoms with Crippen molar-refractivity contribution in [1.29, 1.82) is 0 Å². The molecular formula is C19H19N3O3S. The standard InChI is InChI=1S/C19H19N3O3S/c1-3-24-15-10-8-14(9-11-15)18-21-19(26-22-18)20-17(23)12-25-16-7-5-4-6-13(16)2/h4-11H,3,12H2,1-2H3,(H,20,21,22,23). The minimum atomic E-state index is -0.275. The Morgan fingerprint density at radius 3 is 2.62 bits per heavy atom. The first kappa shape index (κ1) is 17.9. The molecule has 7 heteroatoms. The van der Waals surface area contributed by atoms with Crippen LogP contribution in [0.15, 0.2) is 48.5 Å². The monoisotopic (exact) mass is 369 g/mol. The molecule has 1 aromatic heterocycles. The highest BCUT2D eigenvalue weighted by molar-refractivity contribution is 7.10. The van der Waals surface area contributed by atoms with E-state index < -0.39 is 0 Å². The number of carbonyl (C=O) groups is 1. The van der Waals surface area contributed by atoms with Gasteiger partial charge >= 0.3 is 0 Å². The maximum Gasteiger partial charge on any atom is 0.264 e. The Hall–Kier alpha value is -2.93. The van der Waals surface area contributed by atoms with Gasteiger partial charge in [-0.05, 0) is 49.7 Å². The lowest BCUT2D eigenvalue weighted by Gasteiger charge is -2.07. The Morgan fingerprint density at radius 2 is 1.88 bits per heavy atom. The van der Waals surface area contributed by atoms with Gasteiger partial charge in [-0.2, -0.15) is 9.36 Å². The highest BCUT2D eigenvalue weighted by Gasteiger charge is 2.11. The predicted octanol–water partition coefficient (Wildman–Crippen LogP) is 3.93. The first-order chi connectivity index (χ1) is 12.7. The molecule has 0 unspecified atom stereocenters. The lowest BCUT2D eigenvalue weighted by molar-refractivity contribution is -0.118. The van der Waals surface area contributed by atoms with Crippen molar-refractivity contribution >= 4 is 22.6 Å². The summed E-state index contributed by atoms with van der Waals surface area (Å²) in [7, 11) is 0. The number of anilines is 1. The number of benzene rings is 2. The molecule has 3 aromatic rings. The van der Waals surface area contributed by atoms with Gasteiger partial charge in [-0.15, -0.1) is 0 Å². The van der Waals surface area contributed by atoms with Gasteiger partial charge in [0.2, 0.25) is 5.13 Å². The van der Waals surface area contributed by atoms with E-state index in [-0.39, 0.29) is 12.5 Å². The maximum atomic E-state index is 12.0. The largest absolute Gasteiger partial charge is 0.494 e. The fourth-order valence-electron chi connectivity index (χ4n) is 2.28. The predicted molar refractivity (Wildman–Crippen MR) is 102 cm³/mol. The van der Waals surface area contributed by atoms with Crippen LogP contribution in [0.3, 0.4) is 0 Å². The van der Waals surface area contributed by atoms with E-state index in [0.717, 1.165) is 28.4 Å². The third-order valence-electron chi connectivity index (χ3n) is 3.55. The number of carbonyl (C=O) groups excluding carboxylic acids is 1. The van der Waals surface area contributed by atoms with Crippen molar-refractivity contribution in [2.24, 2.45) is 0 Å². The quantitative estimate of drug-likeness (QED) is 0.683. The van der Waals surface area contributed by atoms with Gasteiger partial charge < -0.3 is 9.47 Å². The fraction of sp³-hybridized carbons (Fsp3) is 0.211. The van der Waals surface area contributed by atoms with Crippen LogP contribution in [0.2, 0.25) is 0 Å². The van der Waals surface area contributed by atoms with Crippen molar-refractivity contribution in [3.63, 3.8) is 0 Å². The van der Waals surface area contributed by atoms with Crippen LogP contribution in [-0.4, -0.2) is 28.5 Å². The van der Waals surface area contributed by atoms with Crippen LogP contribution < -0.4 is 14.8 Å². The van der Waals surface area contributed by atoms with Gasteiger partial charge in [0.1, 0.15) is 11.5 Å². The lowest BCUT2D eigenvalue weighted by Crippen LogP contribution is -2.20. The summed E-state index contributed by atoms with van der Waals surface area (Å²) >= 11 is 1.13. The molecule has 0 saturated heterocycles. The van der Waals surface area contributed by atoms with Gasteiger partial charge in [0.15, 0.2) is 12.4 Å². The van der Waals surface area contributed by atoms with Crippen molar-refractivity contribution < 1.29 is 14.3 Å². The Morgan fingerprint density at radius 1 is 1.12 bits per heavy atom. The van der Waals surface area contributed by atoms with E-state index in [4.69, 9.17) is 9.47 Å². The SMILES string of the molecule is CCOc1ccc(-c2nsc(NC(=O)COc3ccccc3C)n2)cc1. The second-order valence-corrected chi connectivity index (χ2v) is 6.23. The molecule has 0 spiro atoms. The van der Waals surface area contributed by atoms with Gasteiger partial charge in [0, 0.05) is 17.1 Å². The average molecular weight is 369 g/mol. The third-order valence-corrected chi connectivity index (χ3v) is 4.18. The van der Waals surface area contributed by atoms with Crippen LogP contribution >= 0.6 is 11.5 Å². The minimum absolute atomic E-state index is 0.0805. The molecule has 0 fully saturated rings. The molecule has 0 saturated carbocycles. The van der Waals surface area contributed by atoms with E-state index >= 15 is 0 Å². The molecular weight excluding hydrogens is 350 g/mol. The van der Waals surface area contributed by atoms with Crippen molar-refractivity contribution in [1.82, 2.24) is 9.36 Å².